The van der Waals surface area contributed by atoms with Crippen LogP contribution in [0, 0.1) is 17.2 Å². The summed E-state index contributed by atoms with van der Waals surface area (Å²) in [5.41, 5.74) is 2.71. The molecule has 0 unspecified atom stereocenters. The lowest BCUT2D eigenvalue weighted by atomic mass is 9.71. The first-order chi connectivity index (χ1) is 21.5. The number of nitrogens with one attached hydrogen (secondary N) is 1. The first-order valence-electron chi connectivity index (χ1n) is 16.2. The van der Waals surface area contributed by atoms with Crippen LogP contribution in [0.25, 0.3) is 11.1 Å². The Balaban J connectivity index is 0.902. The molecule has 10 nitrogen and oxygen atoms in total. The van der Waals surface area contributed by atoms with Crippen LogP contribution < -0.4 is 15.0 Å². The monoisotopic (exact) mass is 598 g/mol. The molecule has 5 fully saturated rings. The minimum absolute atomic E-state index is 0.0983. The number of benzene rings is 1. The summed E-state index contributed by atoms with van der Waals surface area (Å²) in [5.74, 6) is 2.48. The van der Waals surface area contributed by atoms with Crippen LogP contribution in [-0.4, -0.2) is 74.2 Å². The van der Waals surface area contributed by atoms with E-state index in [1.54, 1.807) is 18.6 Å². The van der Waals surface area contributed by atoms with Crippen molar-refractivity contribution in [3.8, 4) is 22.8 Å². The van der Waals surface area contributed by atoms with Crippen LogP contribution in [0.4, 0.5) is 10.2 Å². The number of amides is 1. The quantitative estimate of drug-likeness (QED) is 0.407. The van der Waals surface area contributed by atoms with Gasteiger partial charge in [-0.15, -0.1) is 10.2 Å². The van der Waals surface area contributed by atoms with E-state index in [0.717, 1.165) is 75.5 Å². The number of hydrogen-bond acceptors (Lipinski definition) is 9. The summed E-state index contributed by atoms with van der Waals surface area (Å²) < 4.78 is 20.8. The maximum Gasteiger partial charge on any atom is 0.282 e. The minimum atomic E-state index is -0.346. The summed E-state index contributed by atoms with van der Waals surface area (Å²) in [6.07, 6.45) is 15.7. The van der Waals surface area contributed by atoms with Gasteiger partial charge in [0.2, 0.25) is 5.91 Å². The van der Waals surface area contributed by atoms with Gasteiger partial charge in [-0.25, -0.2) is 19.3 Å². The Morgan fingerprint density at radius 1 is 0.977 bits per heavy atom. The molecule has 0 atom stereocenters. The molecule has 1 N–H and O–H groups in total. The molecule has 5 heterocycles. The maximum atomic E-state index is 14.5. The fourth-order valence-electron chi connectivity index (χ4n) is 8.04. The number of hydrogen-bond donors (Lipinski definition) is 1. The van der Waals surface area contributed by atoms with Crippen LogP contribution in [0.3, 0.4) is 0 Å². The van der Waals surface area contributed by atoms with Gasteiger partial charge in [-0.1, -0.05) is 0 Å². The predicted molar refractivity (Wildman–Crippen MR) is 162 cm³/mol. The number of halogens is 1. The standard InChI is InChI=1S/C33H39FN8O2/c34-24-3-4-27(25(15-24)26-16-35-20-36-29(26)23-1-2-23)44-31-30(37-21-38-40-31)42-18-32(19-42)11-13-41(14-12-32)17-22-5-8-33(9-6-22)10-7-28(43)39-33/h3-4,15-16,20-23H,1-2,5-14,17-19H2,(H,39,43). The van der Waals surface area contributed by atoms with E-state index >= 15 is 0 Å². The van der Waals surface area contributed by atoms with Crippen molar-refractivity contribution >= 4 is 11.7 Å². The van der Waals surface area contributed by atoms with Crippen LogP contribution in [0.5, 0.6) is 11.6 Å². The summed E-state index contributed by atoms with van der Waals surface area (Å²) in [4.78, 5) is 30.0. The zero-order chi connectivity index (χ0) is 29.7. The average Bonchev–Trinajstić information content (AvgIpc) is 3.82. The lowest BCUT2D eigenvalue weighted by molar-refractivity contribution is -0.120. The normalized spacial score (nSPS) is 26.5. The smallest absolute Gasteiger partial charge is 0.282 e. The Morgan fingerprint density at radius 2 is 1.80 bits per heavy atom. The molecule has 0 radical (unpaired) electrons. The van der Waals surface area contributed by atoms with Gasteiger partial charge in [0.15, 0.2) is 5.82 Å². The van der Waals surface area contributed by atoms with Crippen LogP contribution in [0.2, 0.25) is 0 Å². The third-order valence-corrected chi connectivity index (χ3v) is 10.8. The highest BCUT2D eigenvalue weighted by atomic mass is 19.1. The minimum Gasteiger partial charge on any atom is -0.434 e. The number of carbonyl (C=O) groups excluding carboxylic acids is 1. The summed E-state index contributed by atoms with van der Waals surface area (Å²) in [7, 11) is 0. The zero-order valence-corrected chi connectivity index (χ0v) is 25.1. The number of ether oxygens (including phenoxy) is 1. The van der Waals surface area contributed by atoms with Crippen molar-refractivity contribution in [3.63, 3.8) is 0 Å². The van der Waals surface area contributed by atoms with E-state index < -0.39 is 0 Å². The molecule has 1 aromatic carbocycles. The van der Waals surface area contributed by atoms with Crippen molar-refractivity contribution < 1.29 is 13.9 Å². The fourth-order valence-corrected chi connectivity index (χ4v) is 8.04. The number of rotatable bonds is 7. The Labute approximate surface area is 256 Å². The highest BCUT2D eigenvalue weighted by Crippen LogP contribution is 2.47. The second-order valence-electron chi connectivity index (χ2n) is 13.9. The molecule has 3 saturated heterocycles. The molecule has 1 amide bonds. The summed E-state index contributed by atoms with van der Waals surface area (Å²) in [5, 5.41) is 11.6. The van der Waals surface area contributed by atoms with Gasteiger partial charge >= 0.3 is 0 Å². The molecule has 2 aliphatic carbocycles. The summed E-state index contributed by atoms with van der Waals surface area (Å²) >= 11 is 0. The lowest BCUT2D eigenvalue weighted by Gasteiger charge is -2.54. The number of anilines is 1. The Hall–Kier alpha value is -3.73. The molecule has 2 aromatic heterocycles. The van der Waals surface area contributed by atoms with Crippen molar-refractivity contribution in [2.45, 2.75) is 75.7 Å². The molecule has 11 heteroatoms. The van der Waals surface area contributed by atoms with E-state index in [1.165, 1.54) is 50.7 Å². The summed E-state index contributed by atoms with van der Waals surface area (Å²) in [6.45, 7) is 5.25. The second-order valence-corrected chi connectivity index (χ2v) is 13.9. The van der Waals surface area contributed by atoms with Crippen LogP contribution in [0.15, 0.2) is 37.1 Å². The number of piperidine rings is 1. The highest BCUT2D eigenvalue weighted by molar-refractivity contribution is 5.79. The Morgan fingerprint density at radius 3 is 2.55 bits per heavy atom. The van der Waals surface area contributed by atoms with Gasteiger partial charge in [0.05, 0.1) is 5.69 Å². The zero-order valence-electron chi connectivity index (χ0n) is 25.1. The summed E-state index contributed by atoms with van der Waals surface area (Å²) in [6, 6.07) is 4.51. The van der Waals surface area contributed by atoms with E-state index in [4.69, 9.17) is 4.74 Å². The molecular weight excluding hydrogens is 559 g/mol. The highest BCUT2D eigenvalue weighted by Gasteiger charge is 2.47. The van der Waals surface area contributed by atoms with Gasteiger partial charge in [-0.3, -0.25) is 4.79 Å². The van der Waals surface area contributed by atoms with E-state index in [9.17, 15) is 9.18 Å². The first kappa shape index (κ1) is 27.8. The van der Waals surface area contributed by atoms with Gasteiger partial charge in [0, 0.05) is 60.3 Å². The van der Waals surface area contributed by atoms with Gasteiger partial charge in [-0.05, 0) is 95.0 Å². The fraction of sp³-hybridized carbons (Fsp3) is 0.576. The van der Waals surface area contributed by atoms with Crippen LogP contribution in [-0.2, 0) is 4.79 Å². The lowest BCUT2D eigenvalue weighted by Crippen LogP contribution is -2.61. The van der Waals surface area contributed by atoms with Gasteiger partial charge in [0.25, 0.3) is 5.88 Å². The van der Waals surface area contributed by atoms with Gasteiger partial charge in [0.1, 0.15) is 24.2 Å². The van der Waals surface area contributed by atoms with Crippen LogP contribution in [0.1, 0.15) is 75.8 Å². The van der Waals surface area contributed by atoms with Crippen LogP contribution >= 0.6 is 0 Å². The molecule has 3 aliphatic heterocycles. The van der Waals surface area contributed by atoms with Crippen molar-refractivity contribution in [2.75, 3.05) is 37.6 Å². The molecule has 2 spiro atoms. The molecule has 8 rings (SSSR count). The maximum absolute atomic E-state index is 14.5. The van der Waals surface area contributed by atoms with Gasteiger partial charge < -0.3 is 19.9 Å². The predicted octanol–water partition coefficient (Wildman–Crippen LogP) is 4.88. The number of aromatic nitrogens is 5. The molecule has 0 bridgehead atoms. The number of likely N-dealkylation sites (tertiary alicyclic amines) is 1. The number of nitrogens with zero attached hydrogens (tertiary/aromatic N) is 7. The van der Waals surface area contributed by atoms with E-state index in [-0.39, 0.29) is 22.7 Å². The van der Waals surface area contributed by atoms with Crippen molar-refractivity contribution in [2.24, 2.45) is 11.3 Å². The SMILES string of the molecule is O=C1CCC2(CCC(CN3CCC4(CC3)CN(c3ncnnc3Oc3ccc(F)cc3-c3cncnc3C3CC3)C4)CC2)N1. The molecular formula is C33H39FN8O2. The molecule has 3 aromatic rings. The van der Waals surface area contributed by atoms with Crippen molar-refractivity contribution in [1.82, 2.24) is 35.4 Å². The third-order valence-electron chi connectivity index (χ3n) is 10.8. The van der Waals surface area contributed by atoms with Gasteiger partial charge in [-0.2, -0.15) is 0 Å². The molecule has 44 heavy (non-hydrogen) atoms. The number of carbonyl (C=O) groups is 1. The molecule has 5 aliphatic rings. The van der Waals surface area contributed by atoms with E-state index in [2.05, 4.69) is 40.3 Å². The van der Waals surface area contributed by atoms with Crippen molar-refractivity contribution in [3.05, 3.63) is 48.6 Å². The molecule has 230 valence electrons. The second kappa shape index (κ2) is 11.0. The third kappa shape index (κ3) is 5.39. The first-order valence-corrected chi connectivity index (χ1v) is 16.2. The van der Waals surface area contributed by atoms with E-state index in [0.29, 0.717) is 35.3 Å². The molecule has 2 saturated carbocycles. The van der Waals surface area contributed by atoms with Crippen molar-refractivity contribution in [1.29, 1.82) is 0 Å². The Bertz CT molecular complexity index is 1540. The Kier molecular flexibility index (Phi) is 6.96. The van der Waals surface area contributed by atoms with E-state index in [1.807, 2.05) is 0 Å². The topological polar surface area (TPSA) is 109 Å². The average molecular weight is 599 g/mol. The largest absolute Gasteiger partial charge is 0.434 e.